The van der Waals surface area contributed by atoms with Crippen molar-refractivity contribution in [3.63, 3.8) is 0 Å². The second-order valence-electron chi connectivity index (χ2n) is 4.38. The van der Waals surface area contributed by atoms with Gasteiger partial charge in [0.15, 0.2) is 11.5 Å². The first-order valence-corrected chi connectivity index (χ1v) is 6.09. The highest BCUT2D eigenvalue weighted by atomic mass is 16.5. The fraction of sp³-hybridized carbons (Fsp3) is 0.0625. The van der Waals surface area contributed by atoms with Crippen molar-refractivity contribution in [2.45, 2.75) is 0 Å². The van der Waals surface area contributed by atoms with Crippen LogP contribution in [0.25, 0.3) is 22.1 Å². The van der Waals surface area contributed by atoms with Gasteiger partial charge in [-0.05, 0) is 17.7 Å². The highest BCUT2D eigenvalue weighted by Gasteiger charge is 2.10. The van der Waals surface area contributed by atoms with Crippen LogP contribution in [-0.2, 0) is 0 Å². The lowest BCUT2D eigenvalue weighted by atomic mass is 10.1. The minimum Gasteiger partial charge on any atom is -0.504 e. The van der Waals surface area contributed by atoms with E-state index in [0.717, 1.165) is 5.56 Å². The maximum atomic E-state index is 12.0. The van der Waals surface area contributed by atoms with Crippen LogP contribution in [0.5, 0.6) is 11.5 Å². The highest BCUT2D eigenvalue weighted by Crippen LogP contribution is 2.32. The predicted molar refractivity (Wildman–Crippen MR) is 76.1 cm³/mol. The Balaban J connectivity index is 2.28. The smallest absolute Gasteiger partial charge is 0.344 e. The van der Waals surface area contributed by atoms with Gasteiger partial charge in [-0.3, -0.25) is 0 Å². The van der Waals surface area contributed by atoms with Gasteiger partial charge in [-0.2, -0.15) is 0 Å². The average Bonchev–Trinajstić information content (AvgIpc) is 2.47. The summed E-state index contributed by atoms with van der Waals surface area (Å²) >= 11 is 0. The van der Waals surface area contributed by atoms with Crippen molar-refractivity contribution < 1.29 is 14.3 Å². The van der Waals surface area contributed by atoms with Crippen LogP contribution in [0, 0.1) is 0 Å². The first kappa shape index (κ1) is 12.3. The Hall–Kier alpha value is -2.75. The largest absolute Gasteiger partial charge is 0.504 e. The van der Waals surface area contributed by atoms with Gasteiger partial charge in [0.1, 0.15) is 5.58 Å². The van der Waals surface area contributed by atoms with Crippen LogP contribution in [0.4, 0.5) is 0 Å². The van der Waals surface area contributed by atoms with Crippen molar-refractivity contribution in [1.82, 2.24) is 0 Å². The molecule has 0 aliphatic rings. The van der Waals surface area contributed by atoms with Crippen LogP contribution >= 0.6 is 0 Å². The van der Waals surface area contributed by atoms with Gasteiger partial charge in [0.25, 0.3) is 0 Å². The number of aromatic hydroxyl groups is 1. The molecular formula is C16H12O4. The summed E-state index contributed by atoms with van der Waals surface area (Å²) in [5, 5.41) is 10.4. The molecule has 2 aromatic carbocycles. The fourth-order valence-electron chi connectivity index (χ4n) is 2.12. The summed E-state index contributed by atoms with van der Waals surface area (Å²) < 4.78 is 10.3. The summed E-state index contributed by atoms with van der Waals surface area (Å²) in [7, 11) is 1.47. The summed E-state index contributed by atoms with van der Waals surface area (Å²) in [5.41, 5.74) is 1.15. The van der Waals surface area contributed by atoms with E-state index in [-0.39, 0.29) is 5.75 Å². The number of benzene rings is 2. The van der Waals surface area contributed by atoms with E-state index in [1.807, 2.05) is 30.3 Å². The second-order valence-corrected chi connectivity index (χ2v) is 4.38. The minimum atomic E-state index is -0.437. The third kappa shape index (κ3) is 2.01. The molecule has 0 saturated heterocycles. The van der Waals surface area contributed by atoms with Crippen molar-refractivity contribution >= 4 is 11.0 Å². The Kier molecular flexibility index (Phi) is 2.91. The van der Waals surface area contributed by atoms with Crippen LogP contribution in [0.1, 0.15) is 0 Å². The molecular weight excluding hydrogens is 256 g/mol. The van der Waals surface area contributed by atoms with Gasteiger partial charge in [-0.25, -0.2) is 4.79 Å². The zero-order chi connectivity index (χ0) is 14.1. The van der Waals surface area contributed by atoms with E-state index in [4.69, 9.17) is 9.15 Å². The van der Waals surface area contributed by atoms with Gasteiger partial charge in [0.05, 0.1) is 12.7 Å². The van der Waals surface area contributed by atoms with Gasteiger partial charge < -0.3 is 14.3 Å². The first-order chi connectivity index (χ1) is 9.69. The Morgan fingerprint density at radius 1 is 1.10 bits per heavy atom. The Morgan fingerprint density at radius 2 is 1.85 bits per heavy atom. The molecule has 0 spiro atoms. The van der Waals surface area contributed by atoms with E-state index in [1.54, 1.807) is 12.1 Å². The molecule has 0 saturated carbocycles. The highest BCUT2D eigenvalue weighted by molar-refractivity contribution is 5.84. The third-order valence-electron chi connectivity index (χ3n) is 3.12. The maximum Gasteiger partial charge on any atom is 0.344 e. The van der Waals surface area contributed by atoms with Crippen LogP contribution in [0.15, 0.2) is 57.7 Å². The molecule has 3 aromatic rings. The van der Waals surface area contributed by atoms with E-state index < -0.39 is 5.63 Å². The molecule has 0 aliphatic carbocycles. The molecule has 1 aromatic heterocycles. The number of phenolic OH excluding ortho intramolecular Hbond substituents is 1. The zero-order valence-corrected chi connectivity index (χ0v) is 10.8. The number of methoxy groups -OCH3 is 1. The Bertz CT molecular complexity index is 819. The number of rotatable bonds is 2. The molecule has 0 bridgehead atoms. The van der Waals surface area contributed by atoms with E-state index >= 15 is 0 Å². The van der Waals surface area contributed by atoms with Crippen molar-refractivity contribution in [3.05, 3.63) is 59.0 Å². The van der Waals surface area contributed by atoms with Gasteiger partial charge in [-0.15, -0.1) is 0 Å². The van der Waals surface area contributed by atoms with E-state index in [9.17, 15) is 9.90 Å². The van der Waals surface area contributed by atoms with Crippen molar-refractivity contribution in [1.29, 1.82) is 0 Å². The molecule has 4 nitrogen and oxygen atoms in total. The molecule has 20 heavy (non-hydrogen) atoms. The Labute approximate surface area is 114 Å². The van der Waals surface area contributed by atoms with Gasteiger partial charge in [-0.1, -0.05) is 30.3 Å². The molecule has 0 radical (unpaired) electrons. The predicted octanol–water partition coefficient (Wildman–Crippen LogP) is 3.17. The molecule has 3 rings (SSSR count). The molecule has 0 fully saturated rings. The lowest BCUT2D eigenvalue weighted by Gasteiger charge is -2.06. The molecule has 4 heteroatoms. The normalized spacial score (nSPS) is 10.7. The molecule has 1 heterocycles. The second kappa shape index (κ2) is 4.74. The SMILES string of the molecule is COc1cc2cc(-c3ccccc3)c(=O)oc2cc1O. The maximum absolute atomic E-state index is 12.0. The molecule has 0 aliphatic heterocycles. The minimum absolute atomic E-state index is 0.0596. The topological polar surface area (TPSA) is 59.7 Å². The first-order valence-electron chi connectivity index (χ1n) is 6.09. The van der Waals surface area contributed by atoms with E-state index in [1.165, 1.54) is 13.2 Å². The number of hydrogen-bond donors (Lipinski definition) is 1. The summed E-state index contributed by atoms with van der Waals surface area (Å²) in [4.78, 5) is 12.0. The van der Waals surface area contributed by atoms with Crippen LogP contribution in [0.2, 0.25) is 0 Å². The van der Waals surface area contributed by atoms with E-state index in [2.05, 4.69) is 0 Å². The third-order valence-corrected chi connectivity index (χ3v) is 3.12. The monoisotopic (exact) mass is 268 g/mol. The number of hydrogen-bond acceptors (Lipinski definition) is 4. The zero-order valence-electron chi connectivity index (χ0n) is 10.8. The van der Waals surface area contributed by atoms with Gasteiger partial charge >= 0.3 is 5.63 Å². The lowest BCUT2D eigenvalue weighted by Crippen LogP contribution is -2.02. The van der Waals surface area contributed by atoms with Gasteiger partial charge in [0.2, 0.25) is 0 Å². The number of fused-ring (bicyclic) bond motifs is 1. The summed E-state index contributed by atoms with van der Waals surface area (Å²) in [5.74, 6) is 0.279. The van der Waals surface area contributed by atoms with E-state index in [0.29, 0.717) is 22.3 Å². The van der Waals surface area contributed by atoms with Crippen molar-refractivity contribution in [2.24, 2.45) is 0 Å². The quantitative estimate of drug-likeness (QED) is 0.725. The molecule has 0 unspecified atom stereocenters. The van der Waals surface area contributed by atoms with Crippen LogP contribution in [-0.4, -0.2) is 12.2 Å². The Morgan fingerprint density at radius 3 is 2.55 bits per heavy atom. The summed E-state index contributed by atoms with van der Waals surface area (Å²) in [6, 6.07) is 14.0. The lowest BCUT2D eigenvalue weighted by molar-refractivity contribution is 0.373. The molecule has 0 amide bonds. The van der Waals surface area contributed by atoms with Crippen LogP contribution in [0.3, 0.4) is 0 Å². The van der Waals surface area contributed by atoms with Crippen molar-refractivity contribution in [2.75, 3.05) is 7.11 Å². The standard InChI is InChI=1S/C16H12O4/c1-19-15-8-11-7-12(10-5-3-2-4-6-10)16(18)20-14(11)9-13(15)17/h2-9,17H,1H3. The van der Waals surface area contributed by atoms with Crippen LogP contribution < -0.4 is 10.4 Å². The number of phenols is 1. The molecule has 1 N–H and O–H groups in total. The van der Waals surface area contributed by atoms with Gasteiger partial charge in [0, 0.05) is 11.5 Å². The van der Waals surface area contributed by atoms with Crippen molar-refractivity contribution in [3.8, 4) is 22.6 Å². The summed E-state index contributed by atoms with van der Waals surface area (Å²) in [6.07, 6.45) is 0. The number of ether oxygens (including phenoxy) is 1. The average molecular weight is 268 g/mol. The molecule has 0 atom stereocenters. The molecule has 100 valence electrons. The summed E-state index contributed by atoms with van der Waals surface area (Å²) in [6.45, 7) is 0. The fourth-order valence-corrected chi connectivity index (χ4v) is 2.12.